The van der Waals surface area contributed by atoms with Crippen molar-refractivity contribution in [2.24, 2.45) is 0 Å². The Morgan fingerprint density at radius 1 is 0.931 bits per heavy atom. The molecule has 0 saturated carbocycles. The van der Waals surface area contributed by atoms with Gasteiger partial charge in [0.1, 0.15) is 6.61 Å². The Morgan fingerprint density at radius 2 is 1.69 bits per heavy atom. The average molecular weight is 385 g/mol. The molecule has 3 aromatic carbocycles. The van der Waals surface area contributed by atoms with Gasteiger partial charge in [0, 0.05) is 34.9 Å². The number of carbonyl (C=O) groups excluding carboxylic acids is 1. The molecule has 0 aliphatic heterocycles. The number of nitrogens with two attached hydrogens (primary N) is 1. The second kappa shape index (κ2) is 8.52. The number of alkyl carbamates (subject to hydrolysis) is 1. The standard InChI is InChI=1S/C24H23N3O2/c25-21-11-5-4-9-19(21)20-10-6-12-22-23(20)18(15-27-22)13-14-26-24(28)29-16-17-7-2-1-3-8-17/h1-12,15,27H,13-14,16,25H2,(H,26,28). The Hall–Kier alpha value is -3.73. The highest BCUT2D eigenvalue weighted by molar-refractivity contribution is 6.00. The topological polar surface area (TPSA) is 80.1 Å². The van der Waals surface area contributed by atoms with Crippen LogP contribution in [0.15, 0.2) is 79.0 Å². The van der Waals surface area contributed by atoms with E-state index >= 15 is 0 Å². The number of hydrogen-bond donors (Lipinski definition) is 3. The SMILES string of the molecule is Nc1ccccc1-c1cccc2[nH]cc(CCNC(=O)OCc3ccccc3)c12. The van der Waals surface area contributed by atoms with Crippen LogP contribution in [-0.2, 0) is 17.8 Å². The summed E-state index contributed by atoms with van der Waals surface area (Å²) in [6, 6.07) is 23.6. The van der Waals surface area contributed by atoms with Gasteiger partial charge < -0.3 is 20.8 Å². The summed E-state index contributed by atoms with van der Waals surface area (Å²) in [5.74, 6) is 0. The molecular weight excluding hydrogens is 362 g/mol. The van der Waals surface area contributed by atoms with Crippen molar-refractivity contribution in [3.63, 3.8) is 0 Å². The van der Waals surface area contributed by atoms with E-state index in [2.05, 4.69) is 16.4 Å². The lowest BCUT2D eigenvalue weighted by molar-refractivity contribution is 0.140. The predicted octanol–water partition coefficient (Wildman–Crippen LogP) is 4.89. The minimum atomic E-state index is -0.416. The third-order valence-corrected chi connectivity index (χ3v) is 4.91. The van der Waals surface area contributed by atoms with Gasteiger partial charge in [-0.15, -0.1) is 0 Å². The van der Waals surface area contributed by atoms with Crippen molar-refractivity contribution in [2.45, 2.75) is 13.0 Å². The van der Waals surface area contributed by atoms with Gasteiger partial charge in [-0.2, -0.15) is 0 Å². The van der Waals surface area contributed by atoms with Gasteiger partial charge in [0.05, 0.1) is 0 Å². The number of hydrogen-bond acceptors (Lipinski definition) is 3. The number of ether oxygens (including phenoxy) is 1. The zero-order valence-electron chi connectivity index (χ0n) is 16.0. The van der Waals surface area contributed by atoms with Crippen LogP contribution in [0, 0.1) is 0 Å². The number of rotatable bonds is 6. The van der Waals surface area contributed by atoms with Gasteiger partial charge in [0.15, 0.2) is 0 Å². The van der Waals surface area contributed by atoms with Crippen LogP contribution in [0.4, 0.5) is 10.5 Å². The maximum atomic E-state index is 12.0. The van der Waals surface area contributed by atoms with Crippen LogP contribution < -0.4 is 11.1 Å². The van der Waals surface area contributed by atoms with Crippen molar-refractivity contribution in [2.75, 3.05) is 12.3 Å². The van der Waals surface area contributed by atoms with Crippen LogP contribution in [-0.4, -0.2) is 17.6 Å². The molecule has 4 rings (SSSR count). The van der Waals surface area contributed by atoms with E-state index < -0.39 is 6.09 Å². The highest BCUT2D eigenvalue weighted by Crippen LogP contribution is 2.34. The minimum absolute atomic E-state index is 0.261. The number of carbonyl (C=O) groups is 1. The molecule has 0 fully saturated rings. The summed E-state index contributed by atoms with van der Waals surface area (Å²) in [5, 5.41) is 3.96. The van der Waals surface area contributed by atoms with Gasteiger partial charge in [-0.1, -0.05) is 60.7 Å². The van der Waals surface area contributed by atoms with Gasteiger partial charge in [-0.25, -0.2) is 4.79 Å². The number of H-pyrrole nitrogens is 1. The lowest BCUT2D eigenvalue weighted by Gasteiger charge is -2.10. The Bertz CT molecular complexity index is 1120. The summed E-state index contributed by atoms with van der Waals surface area (Å²) in [7, 11) is 0. The molecular formula is C24H23N3O2. The number of benzene rings is 3. The maximum absolute atomic E-state index is 12.0. The fourth-order valence-corrected chi connectivity index (χ4v) is 3.49. The van der Waals surface area contributed by atoms with Crippen molar-refractivity contribution >= 4 is 22.7 Å². The molecule has 5 nitrogen and oxygen atoms in total. The van der Waals surface area contributed by atoms with E-state index in [1.54, 1.807) is 0 Å². The monoisotopic (exact) mass is 385 g/mol. The number of fused-ring (bicyclic) bond motifs is 1. The normalized spacial score (nSPS) is 10.8. The first-order valence-electron chi connectivity index (χ1n) is 9.61. The molecule has 5 heteroatoms. The molecule has 0 unspecified atom stereocenters. The zero-order chi connectivity index (χ0) is 20.1. The van der Waals surface area contributed by atoms with Gasteiger partial charge >= 0.3 is 6.09 Å². The molecule has 146 valence electrons. The van der Waals surface area contributed by atoms with Crippen LogP contribution in [0.3, 0.4) is 0 Å². The van der Waals surface area contributed by atoms with Crippen molar-refractivity contribution in [1.29, 1.82) is 0 Å². The molecule has 0 bridgehead atoms. The first-order valence-corrected chi connectivity index (χ1v) is 9.61. The molecule has 1 aromatic heterocycles. The van der Waals surface area contributed by atoms with E-state index in [9.17, 15) is 4.79 Å². The quantitative estimate of drug-likeness (QED) is 0.414. The Morgan fingerprint density at radius 3 is 2.52 bits per heavy atom. The van der Waals surface area contributed by atoms with E-state index in [-0.39, 0.29) is 6.61 Å². The largest absolute Gasteiger partial charge is 0.445 e. The maximum Gasteiger partial charge on any atom is 0.407 e. The second-order valence-electron chi connectivity index (χ2n) is 6.87. The van der Waals surface area contributed by atoms with Crippen molar-refractivity contribution in [3.8, 4) is 11.1 Å². The van der Waals surface area contributed by atoms with Crippen LogP contribution in [0.5, 0.6) is 0 Å². The van der Waals surface area contributed by atoms with E-state index in [0.717, 1.165) is 38.8 Å². The van der Waals surface area contributed by atoms with Crippen LogP contribution in [0.1, 0.15) is 11.1 Å². The van der Waals surface area contributed by atoms with Crippen LogP contribution in [0.25, 0.3) is 22.0 Å². The lowest BCUT2D eigenvalue weighted by atomic mass is 9.97. The predicted molar refractivity (Wildman–Crippen MR) is 116 cm³/mol. The zero-order valence-corrected chi connectivity index (χ0v) is 16.0. The van der Waals surface area contributed by atoms with E-state index in [4.69, 9.17) is 10.5 Å². The summed E-state index contributed by atoms with van der Waals surface area (Å²) in [4.78, 5) is 15.3. The smallest absolute Gasteiger partial charge is 0.407 e. The van der Waals surface area contributed by atoms with Gasteiger partial charge in [0.2, 0.25) is 0 Å². The van der Waals surface area contributed by atoms with Crippen LogP contribution >= 0.6 is 0 Å². The van der Waals surface area contributed by atoms with E-state index in [1.165, 1.54) is 0 Å². The molecule has 4 N–H and O–H groups in total. The number of anilines is 1. The first kappa shape index (κ1) is 18.6. The summed E-state index contributed by atoms with van der Waals surface area (Å²) in [6.07, 6.45) is 2.26. The minimum Gasteiger partial charge on any atom is -0.445 e. The number of aromatic nitrogens is 1. The molecule has 0 aliphatic rings. The number of para-hydroxylation sites is 1. The third kappa shape index (κ3) is 4.24. The summed E-state index contributed by atoms with van der Waals surface area (Å²) in [5.41, 5.74) is 12.2. The molecule has 0 aliphatic carbocycles. The third-order valence-electron chi connectivity index (χ3n) is 4.91. The van der Waals surface area contributed by atoms with Gasteiger partial charge in [-0.05, 0) is 35.2 Å². The first-order chi connectivity index (χ1) is 14.2. The van der Waals surface area contributed by atoms with Crippen molar-refractivity contribution < 1.29 is 9.53 Å². The van der Waals surface area contributed by atoms with Crippen molar-refractivity contribution in [3.05, 3.63) is 90.1 Å². The fourth-order valence-electron chi connectivity index (χ4n) is 3.49. The molecule has 0 radical (unpaired) electrons. The lowest BCUT2D eigenvalue weighted by Crippen LogP contribution is -2.26. The number of nitrogen functional groups attached to an aromatic ring is 1. The highest BCUT2D eigenvalue weighted by atomic mass is 16.5. The highest BCUT2D eigenvalue weighted by Gasteiger charge is 2.12. The van der Waals surface area contributed by atoms with Crippen LogP contribution in [0.2, 0.25) is 0 Å². The Balaban J connectivity index is 1.44. The average Bonchev–Trinajstić information content (AvgIpc) is 3.17. The van der Waals surface area contributed by atoms with E-state index in [0.29, 0.717) is 13.0 Å². The second-order valence-corrected chi connectivity index (χ2v) is 6.87. The Kier molecular flexibility index (Phi) is 5.47. The molecule has 29 heavy (non-hydrogen) atoms. The fraction of sp³-hybridized carbons (Fsp3) is 0.125. The number of amides is 1. The molecule has 1 amide bonds. The molecule has 0 spiro atoms. The van der Waals surface area contributed by atoms with Gasteiger partial charge in [0.25, 0.3) is 0 Å². The van der Waals surface area contributed by atoms with Crippen molar-refractivity contribution in [1.82, 2.24) is 10.3 Å². The molecule has 1 heterocycles. The Labute approximate surface area is 169 Å². The summed E-state index contributed by atoms with van der Waals surface area (Å²) in [6.45, 7) is 0.746. The van der Waals surface area contributed by atoms with E-state index in [1.807, 2.05) is 72.9 Å². The summed E-state index contributed by atoms with van der Waals surface area (Å²) >= 11 is 0. The molecule has 4 aromatic rings. The number of nitrogens with one attached hydrogen (secondary N) is 2. The molecule has 0 atom stereocenters. The van der Waals surface area contributed by atoms with Gasteiger partial charge in [-0.3, -0.25) is 0 Å². The number of aromatic amines is 1. The summed E-state index contributed by atoms with van der Waals surface area (Å²) < 4.78 is 5.27. The molecule has 0 saturated heterocycles.